The van der Waals surface area contributed by atoms with Gasteiger partial charge in [-0.05, 0) is 25.2 Å². The summed E-state index contributed by atoms with van der Waals surface area (Å²) in [6.07, 6.45) is 14.1. The molecular formula is C31H41Cl2HfP. The van der Waals surface area contributed by atoms with E-state index in [4.69, 9.17) is 0 Å². The zero-order valence-electron chi connectivity index (χ0n) is 21.7. The molecule has 4 rings (SSSR count). The number of hydrogen-bond acceptors (Lipinski definition) is 0. The van der Waals surface area contributed by atoms with Gasteiger partial charge in [0.15, 0.2) is 0 Å². The van der Waals surface area contributed by atoms with E-state index in [0.29, 0.717) is 0 Å². The molecule has 0 spiro atoms. The van der Waals surface area contributed by atoms with Crippen LogP contribution in [0.15, 0.2) is 72.8 Å². The summed E-state index contributed by atoms with van der Waals surface area (Å²) in [6.45, 7) is 6.73. The fourth-order valence-electron chi connectivity index (χ4n) is 4.45. The normalized spacial score (nSPS) is 10.3. The van der Waals surface area contributed by atoms with Crippen LogP contribution in [0.4, 0.5) is 0 Å². The zero-order valence-corrected chi connectivity index (χ0v) is 27.7. The number of halogens is 2. The third kappa shape index (κ3) is 11.6. The van der Waals surface area contributed by atoms with E-state index in [9.17, 15) is 0 Å². The van der Waals surface area contributed by atoms with E-state index >= 15 is 0 Å². The molecule has 0 aliphatic heterocycles. The van der Waals surface area contributed by atoms with Crippen molar-refractivity contribution in [2.75, 3.05) is 12.3 Å². The molecule has 0 radical (unpaired) electrons. The van der Waals surface area contributed by atoms with Crippen molar-refractivity contribution in [3.8, 4) is 0 Å². The molecule has 0 nitrogen and oxygen atoms in total. The van der Waals surface area contributed by atoms with Crippen molar-refractivity contribution in [2.24, 2.45) is 0 Å². The van der Waals surface area contributed by atoms with Crippen molar-refractivity contribution in [1.29, 1.82) is 0 Å². The molecule has 0 atom stereocenters. The molecule has 0 heterocycles. The molecule has 4 aromatic carbocycles. The third-order valence-electron chi connectivity index (χ3n) is 6.29. The van der Waals surface area contributed by atoms with E-state index < -0.39 is 0 Å². The van der Waals surface area contributed by atoms with E-state index in [2.05, 4.69) is 93.6 Å². The Hall–Kier alpha value is -0.460. The molecule has 0 amide bonds. The Bertz CT molecular complexity index is 974. The van der Waals surface area contributed by atoms with Gasteiger partial charge in [0.1, 0.15) is 0 Å². The van der Waals surface area contributed by atoms with E-state index in [1.165, 1.54) is 90.8 Å². The number of unbranched alkanes of at least 4 members (excludes halogenated alkanes) is 6. The number of aryl methyl sites for hydroxylation is 1. The van der Waals surface area contributed by atoms with Gasteiger partial charge in [-0.15, -0.1) is 80.9 Å². The molecule has 0 unspecified atom stereocenters. The Morgan fingerprint density at radius 1 is 0.629 bits per heavy atom. The van der Waals surface area contributed by atoms with E-state index in [1.54, 1.807) is 5.30 Å². The standard InChI is InChI=1S/C21H32P.C10H9.2ClH.Hf/c1-3-5-7-11-15-22(16-12-8-6-4-2)21-17-19-13-9-10-14-20(19)18-21;1-8-6-9-4-2-3-5-10(9)7-8;;;/h9-10,13-14,17-18H,3-8,11-12,15-16H2,1-2H3;2-7H,1H3;2*1H;/q2*-1;;;+4/p-2. The zero-order chi connectivity index (χ0) is 22.6. The van der Waals surface area contributed by atoms with Gasteiger partial charge in [0.25, 0.3) is 0 Å². The topological polar surface area (TPSA) is 0 Å². The first-order valence-electron chi connectivity index (χ1n) is 12.7. The maximum atomic E-state index is 2.47. The second-order valence-corrected chi connectivity index (χ2v) is 11.6. The predicted octanol–water partition coefficient (Wildman–Crippen LogP) is 3.70. The Morgan fingerprint density at radius 2 is 1.11 bits per heavy atom. The van der Waals surface area contributed by atoms with Gasteiger partial charge in [0.05, 0.1) is 0 Å². The maximum Gasteiger partial charge on any atom is 4.00 e. The summed E-state index contributed by atoms with van der Waals surface area (Å²) in [5, 5.41) is 7.23. The average Bonchev–Trinajstić information content (AvgIpc) is 3.41. The minimum atomic E-state index is 0. The first kappa shape index (κ1) is 34.5. The number of fused-ring (bicyclic) bond motifs is 2. The molecule has 0 saturated heterocycles. The van der Waals surface area contributed by atoms with Crippen molar-refractivity contribution in [1.82, 2.24) is 0 Å². The molecule has 0 bridgehead atoms. The van der Waals surface area contributed by atoms with Crippen molar-refractivity contribution in [2.45, 2.75) is 72.1 Å². The number of rotatable bonds is 11. The van der Waals surface area contributed by atoms with Gasteiger partial charge in [-0.1, -0.05) is 79.4 Å². The largest absolute Gasteiger partial charge is 4.00 e. The Morgan fingerprint density at radius 3 is 1.60 bits per heavy atom. The van der Waals surface area contributed by atoms with Gasteiger partial charge in [-0.25, -0.2) is 0 Å². The van der Waals surface area contributed by atoms with E-state index in [1.807, 2.05) is 0 Å². The van der Waals surface area contributed by atoms with Gasteiger partial charge >= 0.3 is 25.8 Å². The van der Waals surface area contributed by atoms with Crippen molar-refractivity contribution in [3.63, 3.8) is 0 Å². The van der Waals surface area contributed by atoms with Crippen LogP contribution in [0.3, 0.4) is 0 Å². The van der Waals surface area contributed by atoms with Crippen LogP contribution in [0.1, 0.15) is 70.8 Å². The summed E-state index contributed by atoms with van der Waals surface area (Å²) in [5.41, 5.74) is 1.35. The van der Waals surface area contributed by atoms with Gasteiger partial charge in [0, 0.05) is 0 Å². The SMILES string of the molecule is CCCCCCP(CCCCCC)c1cc2ccccc2[cH-]1.Cc1cc2ccccc2[cH-]1.[Cl-].[Cl-].[Hf+4]. The van der Waals surface area contributed by atoms with E-state index in [-0.39, 0.29) is 58.6 Å². The van der Waals surface area contributed by atoms with Crippen LogP contribution in [0, 0.1) is 6.92 Å². The first-order valence-corrected chi connectivity index (χ1v) is 14.4. The van der Waals surface area contributed by atoms with Crippen LogP contribution in [-0.4, -0.2) is 12.3 Å². The molecule has 4 aromatic rings. The van der Waals surface area contributed by atoms with Crippen LogP contribution < -0.4 is 30.1 Å². The Labute approximate surface area is 246 Å². The third-order valence-corrected chi connectivity index (χ3v) is 8.99. The second kappa shape index (κ2) is 19.6. The van der Waals surface area contributed by atoms with Crippen LogP contribution in [0.25, 0.3) is 21.5 Å². The molecule has 188 valence electrons. The summed E-state index contributed by atoms with van der Waals surface area (Å²) in [4.78, 5) is 0. The fourth-order valence-corrected chi connectivity index (χ4v) is 7.05. The van der Waals surface area contributed by atoms with Gasteiger partial charge in [0.2, 0.25) is 0 Å². The predicted molar refractivity (Wildman–Crippen MR) is 148 cm³/mol. The fraction of sp³-hybridized carbons (Fsp3) is 0.419. The summed E-state index contributed by atoms with van der Waals surface area (Å²) in [6, 6.07) is 26.6. The minimum absolute atomic E-state index is 0. The molecule has 4 heteroatoms. The molecule has 0 aliphatic rings. The van der Waals surface area contributed by atoms with Crippen molar-refractivity contribution < 1.29 is 50.7 Å². The molecular weight excluding hydrogens is 653 g/mol. The molecule has 35 heavy (non-hydrogen) atoms. The van der Waals surface area contributed by atoms with Gasteiger partial charge < -0.3 is 24.8 Å². The van der Waals surface area contributed by atoms with Crippen LogP contribution in [-0.2, 0) is 25.8 Å². The van der Waals surface area contributed by atoms with E-state index in [0.717, 1.165) is 0 Å². The summed E-state index contributed by atoms with van der Waals surface area (Å²) >= 11 is 0. The summed E-state index contributed by atoms with van der Waals surface area (Å²) in [7, 11) is 0.0642. The van der Waals surface area contributed by atoms with Crippen molar-refractivity contribution >= 4 is 34.8 Å². The maximum absolute atomic E-state index is 2.47. The molecule has 0 saturated carbocycles. The van der Waals surface area contributed by atoms with Crippen LogP contribution >= 0.6 is 7.92 Å². The summed E-state index contributed by atoms with van der Waals surface area (Å²) < 4.78 is 0. The van der Waals surface area contributed by atoms with Gasteiger partial charge in [-0.2, -0.15) is 12.1 Å². The Balaban J connectivity index is 0.000000751. The average molecular weight is 694 g/mol. The van der Waals surface area contributed by atoms with Crippen molar-refractivity contribution in [3.05, 3.63) is 78.4 Å². The smallest absolute Gasteiger partial charge is 1.00 e. The second-order valence-electron chi connectivity index (χ2n) is 9.11. The minimum Gasteiger partial charge on any atom is -1.00 e. The molecule has 0 N–H and O–H groups in total. The first-order chi connectivity index (χ1) is 15.7. The molecule has 0 fully saturated rings. The summed E-state index contributed by atoms with van der Waals surface area (Å²) in [5.74, 6) is 0. The monoisotopic (exact) mass is 694 g/mol. The van der Waals surface area contributed by atoms with Gasteiger partial charge in [-0.3, -0.25) is 0 Å². The molecule has 0 aliphatic carbocycles. The molecule has 0 aromatic heterocycles. The quantitative estimate of drug-likeness (QED) is 0.0974. The number of benzene rings is 2. The van der Waals surface area contributed by atoms with Crippen LogP contribution in [0.2, 0.25) is 0 Å². The van der Waals surface area contributed by atoms with Crippen LogP contribution in [0.5, 0.6) is 0 Å². The number of hydrogen-bond donors (Lipinski definition) is 0. The Kier molecular flexibility index (Phi) is 19.4.